The number of anilines is 2. The Morgan fingerprint density at radius 1 is 1.21 bits per heavy atom. The van der Waals surface area contributed by atoms with Crippen LogP contribution in [0.3, 0.4) is 0 Å². The summed E-state index contributed by atoms with van der Waals surface area (Å²) < 4.78 is 42.0. The number of aromatic nitrogens is 3. The van der Waals surface area contributed by atoms with Crippen molar-refractivity contribution in [1.29, 1.82) is 0 Å². The first kappa shape index (κ1) is 19.6. The minimum absolute atomic E-state index is 0.0124. The molecule has 3 N–H and O–H groups in total. The van der Waals surface area contributed by atoms with Gasteiger partial charge in [0.2, 0.25) is 5.91 Å². The summed E-state index contributed by atoms with van der Waals surface area (Å²) in [6, 6.07) is 1.94. The summed E-state index contributed by atoms with van der Waals surface area (Å²) in [5.41, 5.74) is -1.48. The van der Waals surface area contributed by atoms with E-state index in [2.05, 4.69) is 26.1 Å². The summed E-state index contributed by atoms with van der Waals surface area (Å²) in [4.78, 5) is 23.4. The number of alkyl halides is 3. The Labute approximate surface area is 158 Å². The number of nitrogens with zero attached hydrogens (tertiary/aromatic N) is 3. The number of hydrogen-bond acceptors (Lipinski definition) is 4. The number of amides is 3. The van der Waals surface area contributed by atoms with Gasteiger partial charge in [-0.2, -0.15) is 13.2 Å². The first-order valence-corrected chi connectivity index (χ1v) is 8.61. The van der Waals surface area contributed by atoms with Gasteiger partial charge < -0.3 is 20.5 Å². The minimum Gasteiger partial charge on any atom is -0.328 e. The van der Waals surface area contributed by atoms with Gasteiger partial charge in [0, 0.05) is 19.2 Å². The second-order valence-corrected chi connectivity index (χ2v) is 6.49. The van der Waals surface area contributed by atoms with Gasteiger partial charge in [-0.3, -0.25) is 4.79 Å². The summed E-state index contributed by atoms with van der Waals surface area (Å²) >= 11 is 0. The largest absolute Gasteiger partial charge is 0.418 e. The van der Waals surface area contributed by atoms with Crippen molar-refractivity contribution in [2.24, 2.45) is 0 Å². The van der Waals surface area contributed by atoms with Crippen LogP contribution in [0.25, 0.3) is 0 Å². The third kappa shape index (κ3) is 4.24. The average molecular weight is 396 g/mol. The van der Waals surface area contributed by atoms with Crippen LogP contribution in [0.2, 0.25) is 0 Å². The molecule has 0 bridgehead atoms. The minimum atomic E-state index is -4.71. The van der Waals surface area contributed by atoms with Gasteiger partial charge in [0.15, 0.2) is 5.82 Å². The maximum absolute atomic E-state index is 13.4. The Balaban J connectivity index is 1.78. The van der Waals surface area contributed by atoms with Crippen LogP contribution in [-0.4, -0.2) is 26.7 Å². The summed E-state index contributed by atoms with van der Waals surface area (Å²) in [6.45, 7) is 3.72. The van der Waals surface area contributed by atoms with Crippen molar-refractivity contribution in [3.05, 3.63) is 35.4 Å². The molecule has 0 spiro atoms. The van der Waals surface area contributed by atoms with Gasteiger partial charge in [-0.25, -0.2) is 4.79 Å². The van der Waals surface area contributed by atoms with Crippen LogP contribution in [0.4, 0.5) is 29.3 Å². The zero-order valence-electron chi connectivity index (χ0n) is 15.2. The number of carbonyl (C=O) groups excluding carboxylic acids is 2. The molecule has 1 aliphatic heterocycles. The zero-order chi connectivity index (χ0) is 20.5. The predicted molar refractivity (Wildman–Crippen MR) is 94.6 cm³/mol. The summed E-state index contributed by atoms with van der Waals surface area (Å²) in [6.07, 6.45) is -3.31. The molecule has 1 unspecified atom stereocenters. The van der Waals surface area contributed by atoms with Gasteiger partial charge in [-0.05, 0) is 38.0 Å². The lowest BCUT2D eigenvalue weighted by molar-refractivity contribution is -0.137. The Hall–Kier alpha value is -3.11. The number of nitrogens with one attached hydrogen (secondary N) is 3. The molecular formula is C17H19F3N6O2. The van der Waals surface area contributed by atoms with E-state index in [-0.39, 0.29) is 5.69 Å². The number of rotatable bonds is 3. The third-order valence-corrected chi connectivity index (χ3v) is 4.35. The van der Waals surface area contributed by atoms with Crippen LogP contribution < -0.4 is 16.0 Å². The molecule has 1 aromatic heterocycles. The molecule has 0 fully saturated rings. The fraction of sp³-hybridized carbons (Fsp3) is 0.412. The van der Waals surface area contributed by atoms with Crippen molar-refractivity contribution in [3.8, 4) is 0 Å². The van der Waals surface area contributed by atoms with Crippen molar-refractivity contribution >= 4 is 23.3 Å². The van der Waals surface area contributed by atoms with Gasteiger partial charge in [0.25, 0.3) is 0 Å². The molecule has 3 amide bonds. The standard InChI is InChI=1S/C17H19F3N6O2/c1-9-24-25-15-14(4-3-7-26(9)15)23-16(28)22-13-6-5-11(21-10(2)27)8-12(13)17(18,19)20/h5-6,8,14H,3-4,7H2,1-2H3,(H,21,27)(H2,22,23,28). The van der Waals surface area contributed by atoms with E-state index in [0.29, 0.717) is 12.2 Å². The van der Waals surface area contributed by atoms with Crippen LogP contribution >= 0.6 is 0 Å². The van der Waals surface area contributed by atoms with Gasteiger partial charge >= 0.3 is 12.2 Å². The molecule has 8 nitrogen and oxygen atoms in total. The van der Waals surface area contributed by atoms with Crippen molar-refractivity contribution in [3.63, 3.8) is 0 Å². The molecule has 0 saturated carbocycles. The van der Waals surface area contributed by atoms with E-state index in [4.69, 9.17) is 0 Å². The molecule has 11 heteroatoms. The van der Waals surface area contributed by atoms with Crippen molar-refractivity contribution in [2.75, 3.05) is 10.6 Å². The van der Waals surface area contributed by atoms with Crippen LogP contribution in [0.1, 0.15) is 43.0 Å². The van der Waals surface area contributed by atoms with E-state index in [9.17, 15) is 22.8 Å². The molecule has 0 radical (unpaired) electrons. The van der Waals surface area contributed by atoms with Gasteiger partial charge in [-0.15, -0.1) is 10.2 Å². The van der Waals surface area contributed by atoms with Crippen molar-refractivity contribution in [1.82, 2.24) is 20.1 Å². The SMILES string of the molecule is CC(=O)Nc1ccc(NC(=O)NC2CCCn3c(C)nnc32)c(C(F)(F)F)c1. The van der Waals surface area contributed by atoms with E-state index in [1.165, 1.54) is 13.0 Å². The number of urea groups is 1. The first-order valence-electron chi connectivity index (χ1n) is 8.61. The second kappa shape index (κ2) is 7.49. The molecule has 1 aliphatic rings. The lowest BCUT2D eigenvalue weighted by Gasteiger charge is -2.24. The van der Waals surface area contributed by atoms with E-state index >= 15 is 0 Å². The monoisotopic (exact) mass is 396 g/mol. The Bertz CT molecular complexity index is 909. The molecule has 0 saturated heterocycles. The second-order valence-electron chi connectivity index (χ2n) is 6.49. The van der Waals surface area contributed by atoms with E-state index < -0.39 is 35.4 Å². The maximum atomic E-state index is 13.4. The lowest BCUT2D eigenvalue weighted by Crippen LogP contribution is -2.36. The molecule has 2 heterocycles. The topological polar surface area (TPSA) is 101 Å². The highest BCUT2D eigenvalue weighted by molar-refractivity contribution is 5.92. The van der Waals surface area contributed by atoms with Crippen molar-refractivity contribution in [2.45, 2.75) is 45.5 Å². The molecule has 2 aromatic rings. The van der Waals surface area contributed by atoms with E-state index in [1.807, 2.05) is 4.57 Å². The van der Waals surface area contributed by atoms with Gasteiger partial charge in [0.05, 0.1) is 17.3 Å². The van der Waals surface area contributed by atoms with E-state index in [1.54, 1.807) is 6.92 Å². The van der Waals surface area contributed by atoms with Crippen LogP contribution in [0.15, 0.2) is 18.2 Å². The molecule has 0 aliphatic carbocycles. The fourth-order valence-corrected chi connectivity index (χ4v) is 3.14. The fourth-order valence-electron chi connectivity index (χ4n) is 3.14. The summed E-state index contributed by atoms with van der Waals surface area (Å²) in [5.74, 6) is 0.800. The van der Waals surface area contributed by atoms with Crippen LogP contribution in [0.5, 0.6) is 0 Å². The smallest absolute Gasteiger partial charge is 0.328 e. The van der Waals surface area contributed by atoms with Gasteiger partial charge in [-0.1, -0.05) is 0 Å². The maximum Gasteiger partial charge on any atom is 0.418 e. The number of hydrogen-bond donors (Lipinski definition) is 3. The highest BCUT2D eigenvalue weighted by Gasteiger charge is 2.35. The number of benzene rings is 1. The average Bonchev–Trinajstić information content (AvgIpc) is 2.97. The van der Waals surface area contributed by atoms with Crippen LogP contribution in [0, 0.1) is 6.92 Å². The molecule has 150 valence electrons. The number of carbonyl (C=O) groups is 2. The molecule has 1 aromatic carbocycles. The predicted octanol–water partition coefficient (Wildman–Crippen LogP) is 3.22. The number of halogens is 3. The lowest BCUT2D eigenvalue weighted by atomic mass is 10.1. The van der Waals surface area contributed by atoms with Crippen molar-refractivity contribution < 1.29 is 22.8 Å². The Morgan fingerprint density at radius 3 is 2.64 bits per heavy atom. The number of fused-ring (bicyclic) bond motifs is 1. The number of aryl methyl sites for hydroxylation is 1. The zero-order valence-corrected chi connectivity index (χ0v) is 15.2. The highest BCUT2D eigenvalue weighted by atomic mass is 19.4. The molecule has 1 atom stereocenters. The third-order valence-electron chi connectivity index (χ3n) is 4.35. The molecular weight excluding hydrogens is 377 g/mol. The van der Waals surface area contributed by atoms with E-state index in [0.717, 1.165) is 30.9 Å². The summed E-state index contributed by atoms with van der Waals surface area (Å²) in [7, 11) is 0. The first-order chi connectivity index (χ1) is 13.1. The van der Waals surface area contributed by atoms with Gasteiger partial charge in [0.1, 0.15) is 5.82 Å². The summed E-state index contributed by atoms with van der Waals surface area (Å²) in [5, 5.41) is 15.2. The Kier molecular flexibility index (Phi) is 5.25. The normalized spacial score (nSPS) is 16.2. The Morgan fingerprint density at radius 2 is 1.96 bits per heavy atom. The molecule has 28 heavy (non-hydrogen) atoms. The quantitative estimate of drug-likeness (QED) is 0.742. The van der Waals surface area contributed by atoms with Crippen LogP contribution in [-0.2, 0) is 17.5 Å². The molecule has 3 rings (SSSR count). The highest BCUT2D eigenvalue weighted by Crippen LogP contribution is 2.36.